The Hall–Kier alpha value is -3.08. The van der Waals surface area contributed by atoms with Gasteiger partial charge in [0, 0.05) is 18.0 Å². The van der Waals surface area contributed by atoms with E-state index in [0.29, 0.717) is 11.4 Å². The third-order valence-corrected chi connectivity index (χ3v) is 4.64. The van der Waals surface area contributed by atoms with Crippen LogP contribution in [0.15, 0.2) is 66.9 Å². The molecule has 1 aliphatic heterocycles. The van der Waals surface area contributed by atoms with Crippen LogP contribution in [-0.2, 0) is 20.9 Å². The minimum absolute atomic E-state index is 0.0229. The van der Waals surface area contributed by atoms with Gasteiger partial charge in [-0.05, 0) is 31.0 Å². The number of esters is 1. The van der Waals surface area contributed by atoms with Gasteiger partial charge in [0.25, 0.3) is 0 Å². The van der Waals surface area contributed by atoms with Crippen LogP contribution in [0.3, 0.4) is 0 Å². The van der Waals surface area contributed by atoms with E-state index in [9.17, 15) is 9.59 Å². The molecule has 28 heavy (non-hydrogen) atoms. The maximum Gasteiger partial charge on any atom is 0.315 e. The molecule has 2 atom stereocenters. The number of nitrogens with one attached hydrogen (secondary N) is 1. The molecule has 5 nitrogen and oxygen atoms in total. The number of amides is 1. The second kappa shape index (κ2) is 8.74. The summed E-state index contributed by atoms with van der Waals surface area (Å²) in [6, 6.07) is 17.0. The number of para-hydroxylation sites is 1. The lowest BCUT2D eigenvalue weighted by Gasteiger charge is -2.33. The normalized spacial score (nSPS) is 19.2. The second-order valence-corrected chi connectivity index (χ2v) is 7.16. The molecule has 1 aliphatic rings. The molecular weight excluding hydrogens is 354 g/mol. The number of piperidine rings is 1. The monoisotopic (exact) mass is 379 g/mol. The molecule has 0 aromatic heterocycles. The van der Waals surface area contributed by atoms with Gasteiger partial charge in [0.1, 0.15) is 18.3 Å². The smallest absolute Gasteiger partial charge is 0.315 e. The van der Waals surface area contributed by atoms with Crippen LogP contribution in [0.1, 0.15) is 37.3 Å². The van der Waals surface area contributed by atoms with Crippen molar-refractivity contribution in [1.29, 1.82) is 0 Å². The fourth-order valence-corrected chi connectivity index (χ4v) is 3.43. The predicted molar refractivity (Wildman–Crippen MR) is 107 cm³/mol. The minimum atomic E-state index is -0.668. The van der Waals surface area contributed by atoms with Crippen molar-refractivity contribution in [2.24, 2.45) is 5.92 Å². The lowest BCUT2D eigenvalue weighted by atomic mass is 9.78. The lowest BCUT2D eigenvalue weighted by Crippen LogP contribution is -2.41. The maximum atomic E-state index is 12.9. The Morgan fingerprint density at radius 1 is 1.14 bits per heavy atom. The molecular formula is C23H25NO4. The molecule has 1 N–H and O–H groups in total. The van der Waals surface area contributed by atoms with Crippen LogP contribution in [0.5, 0.6) is 5.75 Å². The Kier molecular flexibility index (Phi) is 6.14. The van der Waals surface area contributed by atoms with E-state index < -0.39 is 11.9 Å². The maximum absolute atomic E-state index is 12.9. The Bertz CT molecular complexity index is 860. The Labute approximate surface area is 165 Å². The molecule has 0 spiro atoms. The first-order valence-corrected chi connectivity index (χ1v) is 9.40. The zero-order valence-corrected chi connectivity index (χ0v) is 16.2. The number of carbonyl (C=O) groups excluding carboxylic acids is 2. The summed E-state index contributed by atoms with van der Waals surface area (Å²) in [5.41, 5.74) is 2.08. The molecule has 1 fully saturated rings. The Morgan fingerprint density at radius 3 is 2.54 bits per heavy atom. The van der Waals surface area contributed by atoms with E-state index >= 15 is 0 Å². The topological polar surface area (TPSA) is 64.6 Å². The largest absolute Gasteiger partial charge is 0.491 e. The predicted octanol–water partition coefficient (Wildman–Crippen LogP) is 3.95. The molecule has 0 saturated carbocycles. The number of ether oxygens (including phenoxy) is 2. The summed E-state index contributed by atoms with van der Waals surface area (Å²) < 4.78 is 11.5. The zero-order valence-electron chi connectivity index (χ0n) is 16.2. The van der Waals surface area contributed by atoms with E-state index in [0.717, 1.165) is 11.1 Å². The highest BCUT2D eigenvalue weighted by molar-refractivity contribution is 5.87. The van der Waals surface area contributed by atoms with E-state index in [1.807, 2.05) is 68.4 Å². The zero-order chi connectivity index (χ0) is 20.1. The minimum Gasteiger partial charge on any atom is -0.491 e. The highest BCUT2D eigenvalue weighted by Crippen LogP contribution is 2.40. The van der Waals surface area contributed by atoms with E-state index in [1.54, 1.807) is 0 Å². The van der Waals surface area contributed by atoms with E-state index in [2.05, 4.69) is 11.9 Å². The van der Waals surface area contributed by atoms with Gasteiger partial charge in [-0.15, -0.1) is 0 Å². The van der Waals surface area contributed by atoms with Crippen LogP contribution in [0.2, 0.25) is 0 Å². The van der Waals surface area contributed by atoms with Crippen LogP contribution < -0.4 is 10.1 Å². The average Bonchev–Trinajstić information content (AvgIpc) is 2.66. The van der Waals surface area contributed by atoms with Gasteiger partial charge in [-0.1, -0.05) is 55.1 Å². The first-order chi connectivity index (χ1) is 13.5. The molecule has 0 aliphatic carbocycles. The molecule has 5 heteroatoms. The van der Waals surface area contributed by atoms with Crippen molar-refractivity contribution in [2.45, 2.75) is 38.9 Å². The standard InChI is InChI=1S/C23H25NO4/c1-15(2)28-20-12-8-7-11-18(20)19-13-21(25)24-16(3)22(19)23(26)27-14-17-9-5-4-6-10-17/h4-12,15,19,22H,3,13-14H2,1-2H3,(H,24,25)/t19-,22+/m0/s1. The quantitative estimate of drug-likeness (QED) is 0.772. The van der Waals surface area contributed by atoms with Crippen molar-refractivity contribution in [3.63, 3.8) is 0 Å². The summed E-state index contributed by atoms with van der Waals surface area (Å²) in [5.74, 6) is -0.955. The number of rotatable bonds is 6. The summed E-state index contributed by atoms with van der Waals surface area (Å²) >= 11 is 0. The fraction of sp³-hybridized carbons (Fsp3) is 0.304. The number of carbonyl (C=O) groups is 2. The van der Waals surface area contributed by atoms with Crippen molar-refractivity contribution in [3.05, 3.63) is 78.0 Å². The van der Waals surface area contributed by atoms with Crippen LogP contribution in [0.4, 0.5) is 0 Å². The fourth-order valence-electron chi connectivity index (χ4n) is 3.43. The van der Waals surface area contributed by atoms with Gasteiger partial charge in [0.05, 0.1) is 6.10 Å². The Morgan fingerprint density at radius 2 is 1.82 bits per heavy atom. The van der Waals surface area contributed by atoms with Crippen molar-refractivity contribution in [3.8, 4) is 5.75 Å². The van der Waals surface area contributed by atoms with E-state index in [4.69, 9.17) is 9.47 Å². The molecule has 0 unspecified atom stereocenters. The summed E-state index contributed by atoms with van der Waals surface area (Å²) in [6.45, 7) is 7.97. The summed E-state index contributed by atoms with van der Waals surface area (Å²) in [6.07, 6.45) is 0.146. The molecule has 3 rings (SSSR count). The third kappa shape index (κ3) is 4.60. The van der Waals surface area contributed by atoms with Crippen molar-refractivity contribution in [1.82, 2.24) is 5.32 Å². The molecule has 2 aromatic carbocycles. The second-order valence-electron chi connectivity index (χ2n) is 7.16. The van der Waals surface area contributed by atoms with E-state index in [-0.39, 0.29) is 31.0 Å². The molecule has 0 bridgehead atoms. The van der Waals surface area contributed by atoms with Gasteiger partial charge in [-0.3, -0.25) is 9.59 Å². The van der Waals surface area contributed by atoms with Gasteiger partial charge in [-0.25, -0.2) is 0 Å². The van der Waals surface area contributed by atoms with Gasteiger partial charge in [-0.2, -0.15) is 0 Å². The molecule has 1 saturated heterocycles. The van der Waals surface area contributed by atoms with Gasteiger partial charge in [0.2, 0.25) is 5.91 Å². The van der Waals surface area contributed by atoms with Crippen molar-refractivity contribution < 1.29 is 19.1 Å². The summed E-state index contributed by atoms with van der Waals surface area (Å²) in [4.78, 5) is 25.1. The van der Waals surface area contributed by atoms with Gasteiger partial charge >= 0.3 is 5.97 Å². The van der Waals surface area contributed by atoms with Crippen LogP contribution in [-0.4, -0.2) is 18.0 Å². The molecule has 2 aromatic rings. The van der Waals surface area contributed by atoms with Crippen LogP contribution in [0, 0.1) is 5.92 Å². The third-order valence-electron chi connectivity index (χ3n) is 4.64. The highest BCUT2D eigenvalue weighted by Gasteiger charge is 2.40. The molecule has 1 amide bonds. The number of hydrogen-bond acceptors (Lipinski definition) is 4. The van der Waals surface area contributed by atoms with Crippen molar-refractivity contribution in [2.75, 3.05) is 0 Å². The number of hydrogen-bond donors (Lipinski definition) is 1. The van der Waals surface area contributed by atoms with Gasteiger partial charge < -0.3 is 14.8 Å². The average molecular weight is 379 g/mol. The molecule has 1 heterocycles. The Balaban J connectivity index is 1.86. The van der Waals surface area contributed by atoms with Crippen molar-refractivity contribution >= 4 is 11.9 Å². The van der Waals surface area contributed by atoms with Gasteiger partial charge in [0.15, 0.2) is 0 Å². The first kappa shape index (κ1) is 19.7. The molecule has 0 radical (unpaired) electrons. The SMILES string of the molecule is C=C1NC(=O)C[C@@H](c2ccccc2OC(C)C)[C@@H]1C(=O)OCc1ccccc1. The van der Waals surface area contributed by atoms with Crippen LogP contribution in [0.25, 0.3) is 0 Å². The van der Waals surface area contributed by atoms with E-state index in [1.165, 1.54) is 0 Å². The first-order valence-electron chi connectivity index (χ1n) is 9.40. The van der Waals surface area contributed by atoms with Crippen LogP contribution >= 0.6 is 0 Å². The summed E-state index contributed by atoms with van der Waals surface area (Å²) in [5, 5.41) is 2.69. The number of benzene rings is 2. The molecule has 146 valence electrons. The summed E-state index contributed by atoms with van der Waals surface area (Å²) in [7, 11) is 0. The highest BCUT2D eigenvalue weighted by atomic mass is 16.5. The lowest BCUT2D eigenvalue weighted by molar-refractivity contribution is -0.150.